The average Bonchev–Trinajstić information content (AvgIpc) is 2.88. The van der Waals surface area contributed by atoms with E-state index in [4.69, 9.17) is 23.4 Å². The van der Waals surface area contributed by atoms with Gasteiger partial charge in [0.25, 0.3) is 0 Å². The smallest absolute Gasteiger partial charge is 0.336 e. The molecule has 0 saturated heterocycles. The fraction of sp³-hybridized carbons (Fsp3) is 0.222. The number of nitrogens with zero attached hydrogens (tertiary/aromatic N) is 1. The lowest BCUT2D eigenvalue weighted by Crippen LogP contribution is -2.31. The number of benzene rings is 3. The van der Waals surface area contributed by atoms with Gasteiger partial charge < -0.3 is 23.4 Å². The van der Waals surface area contributed by atoms with Crippen molar-refractivity contribution in [3.8, 4) is 34.1 Å². The monoisotopic (exact) mass is 459 g/mol. The molecule has 0 fully saturated rings. The molecule has 34 heavy (non-hydrogen) atoms. The number of hydrogen-bond donors (Lipinski definition) is 0. The van der Waals surface area contributed by atoms with Crippen LogP contribution >= 0.6 is 0 Å². The van der Waals surface area contributed by atoms with Gasteiger partial charge in [-0.15, -0.1) is 0 Å². The lowest BCUT2D eigenvalue weighted by atomic mass is 9.99. The molecule has 0 amide bonds. The lowest BCUT2D eigenvalue weighted by Gasteiger charge is -2.30. The van der Waals surface area contributed by atoms with Crippen molar-refractivity contribution in [2.45, 2.75) is 13.1 Å². The molecule has 0 spiro atoms. The summed E-state index contributed by atoms with van der Waals surface area (Å²) in [6.45, 7) is 1.58. The maximum Gasteiger partial charge on any atom is 0.336 e. The highest BCUT2D eigenvalue weighted by Crippen LogP contribution is 2.37. The molecular formula is C27H25NO6. The second kappa shape index (κ2) is 9.11. The van der Waals surface area contributed by atoms with Crippen LogP contribution in [0.4, 0.5) is 0 Å². The maximum atomic E-state index is 12.5. The highest BCUT2D eigenvalue weighted by Gasteiger charge is 2.24. The second-order valence-electron chi connectivity index (χ2n) is 8.06. The lowest BCUT2D eigenvalue weighted by molar-refractivity contribution is 0.0882. The first-order valence-corrected chi connectivity index (χ1v) is 10.9. The molecule has 0 unspecified atom stereocenters. The first kappa shape index (κ1) is 21.9. The van der Waals surface area contributed by atoms with Crippen LogP contribution in [0.2, 0.25) is 0 Å². The second-order valence-corrected chi connectivity index (χ2v) is 8.06. The Kier molecular flexibility index (Phi) is 5.86. The van der Waals surface area contributed by atoms with E-state index in [1.807, 2.05) is 54.6 Å². The fourth-order valence-corrected chi connectivity index (χ4v) is 4.31. The van der Waals surface area contributed by atoms with Crippen LogP contribution in [0.5, 0.6) is 23.0 Å². The highest BCUT2D eigenvalue weighted by atomic mass is 16.5. The molecule has 0 N–H and O–H groups in total. The van der Waals surface area contributed by atoms with Gasteiger partial charge in [-0.1, -0.05) is 18.2 Å². The summed E-state index contributed by atoms with van der Waals surface area (Å²) in [6, 6.07) is 18.8. The van der Waals surface area contributed by atoms with Crippen LogP contribution in [-0.2, 0) is 13.1 Å². The van der Waals surface area contributed by atoms with Gasteiger partial charge in [-0.25, -0.2) is 4.79 Å². The van der Waals surface area contributed by atoms with E-state index in [1.165, 1.54) is 6.07 Å². The number of fused-ring (bicyclic) bond motifs is 3. The molecule has 1 aromatic heterocycles. The van der Waals surface area contributed by atoms with Gasteiger partial charge in [-0.2, -0.15) is 0 Å². The van der Waals surface area contributed by atoms with Crippen LogP contribution in [0, 0.1) is 0 Å². The summed E-state index contributed by atoms with van der Waals surface area (Å²) in [5.74, 6) is 2.96. The summed E-state index contributed by atoms with van der Waals surface area (Å²) in [7, 11) is 4.90. The Morgan fingerprint density at radius 2 is 1.65 bits per heavy atom. The molecule has 4 aromatic rings. The van der Waals surface area contributed by atoms with Gasteiger partial charge in [0.05, 0.1) is 26.9 Å². The van der Waals surface area contributed by atoms with Crippen molar-refractivity contribution in [3.63, 3.8) is 0 Å². The van der Waals surface area contributed by atoms with Crippen molar-refractivity contribution in [1.82, 2.24) is 4.90 Å². The Balaban J connectivity index is 1.52. The first-order valence-electron chi connectivity index (χ1n) is 10.9. The molecule has 7 nitrogen and oxygen atoms in total. The minimum absolute atomic E-state index is 0.402. The van der Waals surface area contributed by atoms with Crippen LogP contribution in [0.15, 0.2) is 69.9 Å². The van der Waals surface area contributed by atoms with Crippen molar-refractivity contribution in [3.05, 3.63) is 82.2 Å². The summed E-state index contributed by atoms with van der Waals surface area (Å²) in [4.78, 5) is 14.7. The standard InChI is InChI=1S/C27H25NO6/c1-30-19-7-4-17(5-8-19)22-13-26(29)34-27-21(22)10-11-24-23(27)15-28(16-33-24)14-18-6-9-20(31-2)12-25(18)32-3/h4-13H,14-16H2,1-3H3. The predicted molar refractivity (Wildman–Crippen MR) is 129 cm³/mol. The van der Waals surface area contributed by atoms with Gasteiger partial charge in [0.15, 0.2) is 0 Å². The minimum Gasteiger partial charge on any atom is -0.497 e. The van der Waals surface area contributed by atoms with Gasteiger partial charge >= 0.3 is 5.63 Å². The third-order valence-corrected chi connectivity index (χ3v) is 6.05. The molecular weight excluding hydrogens is 434 g/mol. The summed E-state index contributed by atoms with van der Waals surface area (Å²) in [5.41, 5.74) is 3.73. The van der Waals surface area contributed by atoms with Crippen LogP contribution in [0.25, 0.3) is 22.1 Å². The SMILES string of the molecule is COc1ccc(-c2cc(=O)oc3c4c(ccc23)OCN(Cc2ccc(OC)cc2OC)C4)cc1. The minimum atomic E-state index is -0.402. The summed E-state index contributed by atoms with van der Waals surface area (Å²) in [5, 5.41) is 0.857. The van der Waals surface area contributed by atoms with E-state index in [-0.39, 0.29) is 0 Å². The average molecular weight is 459 g/mol. The fourth-order valence-electron chi connectivity index (χ4n) is 4.31. The van der Waals surface area contributed by atoms with Crippen molar-refractivity contribution in [2.75, 3.05) is 28.1 Å². The van der Waals surface area contributed by atoms with E-state index in [9.17, 15) is 4.79 Å². The number of ether oxygens (including phenoxy) is 4. The Morgan fingerprint density at radius 3 is 2.38 bits per heavy atom. The van der Waals surface area contributed by atoms with E-state index in [0.29, 0.717) is 25.4 Å². The number of methoxy groups -OCH3 is 3. The molecule has 2 heterocycles. The molecule has 0 bridgehead atoms. The summed E-state index contributed by atoms with van der Waals surface area (Å²) < 4.78 is 27.9. The van der Waals surface area contributed by atoms with E-state index in [1.54, 1.807) is 21.3 Å². The van der Waals surface area contributed by atoms with Crippen molar-refractivity contribution in [1.29, 1.82) is 0 Å². The zero-order valence-electron chi connectivity index (χ0n) is 19.3. The normalized spacial score (nSPS) is 13.3. The maximum absolute atomic E-state index is 12.5. The topological polar surface area (TPSA) is 70.4 Å². The zero-order valence-corrected chi connectivity index (χ0v) is 19.3. The van der Waals surface area contributed by atoms with Crippen LogP contribution in [-0.4, -0.2) is 33.0 Å². The molecule has 0 atom stereocenters. The number of rotatable bonds is 6. The van der Waals surface area contributed by atoms with E-state index in [0.717, 1.165) is 50.6 Å². The summed E-state index contributed by atoms with van der Waals surface area (Å²) in [6.07, 6.45) is 0. The van der Waals surface area contributed by atoms with Gasteiger partial charge in [0.2, 0.25) is 0 Å². The summed E-state index contributed by atoms with van der Waals surface area (Å²) >= 11 is 0. The molecule has 3 aromatic carbocycles. The molecule has 1 aliphatic heterocycles. The molecule has 174 valence electrons. The Labute approximate surface area is 197 Å². The number of hydrogen-bond acceptors (Lipinski definition) is 7. The van der Waals surface area contributed by atoms with Gasteiger partial charge in [0, 0.05) is 36.2 Å². The Bertz CT molecular complexity index is 1390. The molecule has 5 rings (SSSR count). The van der Waals surface area contributed by atoms with E-state index in [2.05, 4.69) is 4.90 Å². The van der Waals surface area contributed by atoms with Gasteiger partial charge in [0.1, 0.15) is 35.3 Å². The van der Waals surface area contributed by atoms with Crippen LogP contribution in [0.3, 0.4) is 0 Å². The van der Waals surface area contributed by atoms with Crippen molar-refractivity contribution >= 4 is 11.0 Å². The van der Waals surface area contributed by atoms with Gasteiger partial charge in [-0.3, -0.25) is 4.90 Å². The van der Waals surface area contributed by atoms with Crippen LogP contribution < -0.4 is 24.6 Å². The first-order chi connectivity index (χ1) is 16.6. The molecule has 0 aliphatic carbocycles. The van der Waals surface area contributed by atoms with E-state index < -0.39 is 5.63 Å². The van der Waals surface area contributed by atoms with Crippen molar-refractivity contribution < 1.29 is 23.4 Å². The third kappa shape index (κ3) is 4.06. The third-order valence-electron chi connectivity index (χ3n) is 6.05. The molecule has 0 saturated carbocycles. The Hall–Kier alpha value is -3.97. The predicted octanol–water partition coefficient (Wildman–Crippen LogP) is 4.84. The molecule has 7 heteroatoms. The molecule has 0 radical (unpaired) electrons. The van der Waals surface area contributed by atoms with E-state index >= 15 is 0 Å². The highest BCUT2D eigenvalue weighted by molar-refractivity contribution is 5.95. The largest absolute Gasteiger partial charge is 0.497 e. The molecule has 1 aliphatic rings. The zero-order chi connectivity index (χ0) is 23.7. The van der Waals surface area contributed by atoms with Crippen LogP contribution in [0.1, 0.15) is 11.1 Å². The quantitative estimate of drug-likeness (QED) is 0.382. The Morgan fingerprint density at radius 1 is 0.882 bits per heavy atom. The van der Waals surface area contributed by atoms with Crippen molar-refractivity contribution in [2.24, 2.45) is 0 Å². The van der Waals surface area contributed by atoms with Gasteiger partial charge in [-0.05, 0) is 41.5 Å².